The number of hydrogen-bond donors (Lipinski definition) is 1. The molecule has 172 valence electrons. The summed E-state index contributed by atoms with van der Waals surface area (Å²) in [7, 11) is -4.49. The lowest BCUT2D eigenvalue weighted by Crippen LogP contribution is -2.20. The zero-order chi connectivity index (χ0) is 24.1. The van der Waals surface area contributed by atoms with Crippen molar-refractivity contribution in [1.82, 2.24) is 5.43 Å². The maximum absolute atomic E-state index is 13.2. The van der Waals surface area contributed by atoms with Gasteiger partial charge in [-0.05, 0) is 48.0 Å². The van der Waals surface area contributed by atoms with Crippen LogP contribution in [0.25, 0.3) is 0 Å². The van der Waals surface area contributed by atoms with Crippen LogP contribution < -0.4 is 9.61 Å². The van der Waals surface area contributed by atoms with Crippen molar-refractivity contribution in [2.45, 2.75) is 17.5 Å². The molecule has 0 aromatic heterocycles. The lowest BCUT2D eigenvalue weighted by Gasteiger charge is -2.12. The number of nitrogens with zero attached hydrogens (tertiary/aromatic N) is 1. The lowest BCUT2D eigenvalue weighted by molar-refractivity contribution is -0.137. The van der Waals surface area contributed by atoms with E-state index in [1.165, 1.54) is 12.1 Å². The van der Waals surface area contributed by atoms with Gasteiger partial charge in [0.1, 0.15) is 10.6 Å². The fourth-order valence-electron chi connectivity index (χ4n) is 2.70. The largest absolute Gasteiger partial charge is 0.416 e. The molecule has 33 heavy (non-hydrogen) atoms. The summed E-state index contributed by atoms with van der Waals surface area (Å²) in [5.41, 5.74) is 1.39. The zero-order valence-electron chi connectivity index (χ0n) is 16.7. The Kier molecular flexibility index (Phi) is 7.54. The number of carbonyl (C=O) groups excluding carboxylic acids is 1. The summed E-state index contributed by atoms with van der Waals surface area (Å²) in [5, 5.41) is 3.64. The van der Waals surface area contributed by atoms with Crippen molar-refractivity contribution in [2.24, 2.45) is 5.10 Å². The van der Waals surface area contributed by atoms with E-state index in [4.69, 9.17) is 4.18 Å². The van der Waals surface area contributed by atoms with Gasteiger partial charge in [0.25, 0.3) is 0 Å². The van der Waals surface area contributed by atoms with Crippen LogP contribution in [0.1, 0.15) is 16.7 Å². The molecular weight excluding hydrogens is 525 g/mol. The fourth-order valence-corrected chi connectivity index (χ4v) is 4.06. The molecule has 11 heteroatoms. The Hall–Kier alpha value is -3.18. The normalized spacial score (nSPS) is 12.0. The highest BCUT2D eigenvalue weighted by molar-refractivity contribution is 9.10. The Morgan fingerprint density at radius 2 is 1.70 bits per heavy atom. The van der Waals surface area contributed by atoms with Crippen LogP contribution in [0, 0.1) is 0 Å². The molecule has 1 N–H and O–H groups in total. The molecule has 0 heterocycles. The molecule has 0 aliphatic rings. The third-order valence-electron chi connectivity index (χ3n) is 4.23. The minimum Gasteiger partial charge on any atom is -0.379 e. The second kappa shape index (κ2) is 10.2. The Morgan fingerprint density at radius 1 is 1.03 bits per heavy atom. The summed E-state index contributed by atoms with van der Waals surface area (Å²) in [4.78, 5) is 11.5. The van der Waals surface area contributed by atoms with Crippen LogP contribution in [0.15, 0.2) is 87.3 Å². The molecule has 0 atom stereocenters. The van der Waals surface area contributed by atoms with Gasteiger partial charge < -0.3 is 4.18 Å². The maximum atomic E-state index is 13.2. The van der Waals surface area contributed by atoms with E-state index >= 15 is 0 Å². The maximum Gasteiger partial charge on any atom is 0.416 e. The van der Waals surface area contributed by atoms with E-state index < -0.39 is 38.2 Å². The highest BCUT2D eigenvalue weighted by Crippen LogP contribution is 2.32. The van der Waals surface area contributed by atoms with Crippen molar-refractivity contribution in [3.8, 4) is 5.75 Å². The van der Waals surface area contributed by atoms with Crippen molar-refractivity contribution in [2.75, 3.05) is 0 Å². The van der Waals surface area contributed by atoms with Crippen molar-refractivity contribution in [3.05, 3.63) is 94.0 Å². The summed E-state index contributed by atoms with van der Waals surface area (Å²) in [6, 6.07) is 16.5. The summed E-state index contributed by atoms with van der Waals surface area (Å²) < 4.78 is 70.7. The molecule has 0 aliphatic carbocycles. The van der Waals surface area contributed by atoms with E-state index in [-0.39, 0.29) is 12.2 Å². The molecule has 3 rings (SSSR count). The molecule has 0 radical (unpaired) electrons. The minimum atomic E-state index is -4.71. The van der Waals surface area contributed by atoms with E-state index in [1.807, 2.05) is 0 Å². The van der Waals surface area contributed by atoms with Crippen LogP contribution >= 0.6 is 15.9 Å². The molecular formula is C22H16BrF3N2O4S. The summed E-state index contributed by atoms with van der Waals surface area (Å²) in [5.74, 6) is -0.548. The first-order valence-corrected chi connectivity index (χ1v) is 11.5. The van der Waals surface area contributed by atoms with Crippen molar-refractivity contribution >= 4 is 38.2 Å². The Labute approximate surface area is 196 Å². The number of benzene rings is 3. The molecule has 1 amide bonds. The third kappa shape index (κ3) is 6.90. The van der Waals surface area contributed by atoms with Gasteiger partial charge >= 0.3 is 16.3 Å². The zero-order valence-corrected chi connectivity index (χ0v) is 19.1. The predicted molar refractivity (Wildman–Crippen MR) is 119 cm³/mol. The lowest BCUT2D eigenvalue weighted by atomic mass is 10.1. The molecule has 3 aromatic rings. The van der Waals surface area contributed by atoms with Gasteiger partial charge in [-0.2, -0.15) is 26.7 Å². The van der Waals surface area contributed by atoms with Crippen LogP contribution in [0.3, 0.4) is 0 Å². The number of hydrogen-bond acceptors (Lipinski definition) is 5. The van der Waals surface area contributed by atoms with Crippen LogP contribution in [-0.2, 0) is 27.5 Å². The topological polar surface area (TPSA) is 84.8 Å². The quantitative estimate of drug-likeness (QED) is 0.261. The highest BCUT2D eigenvalue weighted by Gasteiger charge is 2.32. The number of halogens is 4. The first-order valence-electron chi connectivity index (χ1n) is 9.32. The predicted octanol–water partition coefficient (Wildman–Crippen LogP) is 4.93. The molecule has 0 unspecified atom stereocenters. The Balaban J connectivity index is 1.85. The summed E-state index contributed by atoms with van der Waals surface area (Å²) in [6.07, 6.45) is -3.92. The smallest absolute Gasteiger partial charge is 0.379 e. The Bertz CT molecular complexity index is 1260. The summed E-state index contributed by atoms with van der Waals surface area (Å²) >= 11 is 3.28. The van der Waals surface area contributed by atoms with E-state index in [0.717, 1.165) is 16.8 Å². The van der Waals surface area contributed by atoms with Gasteiger partial charge in [-0.15, -0.1) is 0 Å². The number of amides is 1. The molecule has 0 aliphatic heterocycles. The SMILES string of the molecule is O=C(Cc1ccc(Br)cc1)N/N=C/c1cc(C(F)(F)F)ccc1S(=O)(=O)Oc1ccccc1. The number of carbonyl (C=O) groups is 1. The Morgan fingerprint density at radius 3 is 2.33 bits per heavy atom. The van der Waals surface area contributed by atoms with Crippen molar-refractivity contribution in [3.63, 3.8) is 0 Å². The fraction of sp³-hybridized carbons (Fsp3) is 0.0909. The van der Waals surface area contributed by atoms with Gasteiger partial charge in [-0.25, -0.2) is 5.43 Å². The van der Waals surface area contributed by atoms with Crippen LogP contribution in [-0.4, -0.2) is 20.5 Å². The van der Waals surface area contributed by atoms with Gasteiger partial charge in [0.2, 0.25) is 5.91 Å². The number of rotatable bonds is 7. The van der Waals surface area contributed by atoms with Gasteiger partial charge in [0, 0.05) is 10.0 Å². The monoisotopic (exact) mass is 540 g/mol. The molecule has 0 saturated heterocycles. The number of hydrazone groups is 1. The molecule has 0 fully saturated rings. The van der Waals surface area contributed by atoms with Gasteiger partial charge in [-0.1, -0.05) is 46.3 Å². The van der Waals surface area contributed by atoms with E-state index in [1.54, 1.807) is 42.5 Å². The van der Waals surface area contributed by atoms with Crippen LogP contribution in [0.2, 0.25) is 0 Å². The standard InChI is InChI=1S/C22H16BrF3N2O4S/c23-18-9-6-15(7-10-18)12-21(29)28-27-14-16-13-17(22(24,25)26)8-11-20(16)33(30,31)32-19-4-2-1-3-5-19/h1-11,13-14H,12H2,(H,28,29)/b27-14+. The second-order valence-corrected chi connectivity index (χ2v) is 9.13. The summed E-state index contributed by atoms with van der Waals surface area (Å²) in [6.45, 7) is 0. The molecule has 6 nitrogen and oxygen atoms in total. The van der Waals surface area contributed by atoms with Crippen molar-refractivity contribution in [1.29, 1.82) is 0 Å². The van der Waals surface area contributed by atoms with Crippen LogP contribution in [0.4, 0.5) is 13.2 Å². The van der Waals surface area contributed by atoms with E-state index in [9.17, 15) is 26.4 Å². The van der Waals surface area contributed by atoms with Gasteiger partial charge in [-0.3, -0.25) is 4.79 Å². The number of para-hydroxylation sites is 1. The van der Waals surface area contributed by atoms with Crippen molar-refractivity contribution < 1.29 is 30.6 Å². The van der Waals surface area contributed by atoms with Gasteiger partial charge in [0.15, 0.2) is 0 Å². The molecule has 0 bridgehead atoms. The number of nitrogens with one attached hydrogen (secondary N) is 1. The van der Waals surface area contributed by atoms with Gasteiger partial charge in [0.05, 0.1) is 18.2 Å². The first kappa shape index (κ1) is 24.5. The van der Waals surface area contributed by atoms with E-state index in [2.05, 4.69) is 26.5 Å². The van der Waals surface area contributed by atoms with E-state index in [0.29, 0.717) is 17.7 Å². The molecule has 3 aromatic carbocycles. The highest BCUT2D eigenvalue weighted by atomic mass is 79.9. The third-order valence-corrected chi connectivity index (χ3v) is 6.08. The molecule has 0 spiro atoms. The molecule has 0 saturated carbocycles. The number of alkyl halides is 3. The van der Waals surface area contributed by atoms with Crippen LogP contribution in [0.5, 0.6) is 5.75 Å². The second-order valence-electron chi connectivity index (χ2n) is 6.70. The average molecular weight is 541 g/mol. The average Bonchev–Trinajstić information content (AvgIpc) is 2.75. The minimum absolute atomic E-state index is 0.0110. The first-order chi connectivity index (χ1) is 15.5.